The van der Waals surface area contributed by atoms with Crippen molar-refractivity contribution in [1.82, 2.24) is 10.3 Å². The molecule has 20 heavy (non-hydrogen) atoms. The number of rotatable bonds is 6. The topological polar surface area (TPSA) is 60.2 Å². The van der Waals surface area contributed by atoms with Gasteiger partial charge in [0.15, 0.2) is 0 Å². The maximum absolute atomic E-state index is 6.09. The van der Waals surface area contributed by atoms with E-state index in [0.717, 1.165) is 29.1 Å². The maximum Gasteiger partial charge on any atom is 0.124 e. The molecule has 1 atom stereocenters. The van der Waals surface area contributed by atoms with Crippen LogP contribution in [0.25, 0.3) is 0 Å². The molecule has 1 aromatic carbocycles. The highest BCUT2D eigenvalue weighted by Crippen LogP contribution is 2.32. The Balaban J connectivity index is 2.46. The summed E-state index contributed by atoms with van der Waals surface area (Å²) in [6.07, 6.45) is 3.52. The zero-order chi connectivity index (χ0) is 14.4. The van der Waals surface area contributed by atoms with Crippen molar-refractivity contribution >= 4 is 5.69 Å². The van der Waals surface area contributed by atoms with Gasteiger partial charge in [0.2, 0.25) is 0 Å². The van der Waals surface area contributed by atoms with E-state index in [9.17, 15) is 0 Å². The average Bonchev–Trinajstić information content (AvgIpc) is 2.47. The van der Waals surface area contributed by atoms with Crippen LogP contribution in [0.5, 0.6) is 5.75 Å². The minimum atomic E-state index is -0.0172. The molecule has 1 aromatic heterocycles. The van der Waals surface area contributed by atoms with Gasteiger partial charge in [0, 0.05) is 29.2 Å². The van der Waals surface area contributed by atoms with Crippen LogP contribution < -0.4 is 15.8 Å². The number of nitrogens with one attached hydrogen (secondary N) is 1. The lowest BCUT2D eigenvalue weighted by atomic mass is 9.98. The van der Waals surface area contributed by atoms with Crippen LogP contribution in [-0.2, 0) is 0 Å². The second-order valence-electron chi connectivity index (χ2n) is 4.47. The van der Waals surface area contributed by atoms with Crippen molar-refractivity contribution in [1.29, 1.82) is 0 Å². The monoisotopic (exact) mass is 271 g/mol. The highest BCUT2D eigenvalue weighted by molar-refractivity contribution is 5.52. The van der Waals surface area contributed by atoms with Crippen LogP contribution in [0.15, 0.2) is 42.7 Å². The highest BCUT2D eigenvalue weighted by Gasteiger charge is 2.19. The Morgan fingerprint density at radius 1 is 1.20 bits per heavy atom. The number of hydrogen-bond donors (Lipinski definition) is 2. The quantitative estimate of drug-likeness (QED) is 0.848. The molecule has 0 bridgehead atoms. The van der Waals surface area contributed by atoms with Gasteiger partial charge >= 0.3 is 0 Å². The van der Waals surface area contributed by atoms with Crippen molar-refractivity contribution in [3.05, 3.63) is 53.9 Å². The van der Waals surface area contributed by atoms with Crippen molar-refractivity contribution in [3.8, 4) is 5.75 Å². The summed E-state index contributed by atoms with van der Waals surface area (Å²) in [5, 5.41) is 3.45. The molecule has 2 rings (SSSR count). The fraction of sp³-hybridized carbons (Fsp3) is 0.312. The summed E-state index contributed by atoms with van der Waals surface area (Å²) < 4.78 is 5.72. The van der Waals surface area contributed by atoms with Crippen molar-refractivity contribution < 1.29 is 4.74 Å². The SMILES string of the molecule is CCNC(c1cnccc1N)c1ccccc1OCC. The number of pyridine rings is 1. The van der Waals surface area contributed by atoms with E-state index in [2.05, 4.69) is 23.3 Å². The predicted octanol–water partition coefficient (Wildman–Crippen LogP) is 2.76. The Bertz CT molecular complexity index is 557. The van der Waals surface area contributed by atoms with Gasteiger partial charge in [-0.15, -0.1) is 0 Å². The molecule has 106 valence electrons. The Morgan fingerprint density at radius 2 is 2.00 bits per heavy atom. The number of nitrogens with zero attached hydrogens (tertiary/aromatic N) is 1. The van der Waals surface area contributed by atoms with E-state index in [1.165, 1.54) is 0 Å². The molecule has 4 nitrogen and oxygen atoms in total. The Labute approximate surface area is 120 Å². The summed E-state index contributed by atoms with van der Waals surface area (Å²) >= 11 is 0. The van der Waals surface area contributed by atoms with E-state index in [-0.39, 0.29) is 6.04 Å². The summed E-state index contributed by atoms with van der Waals surface area (Å²) in [6, 6.07) is 9.83. The zero-order valence-corrected chi connectivity index (χ0v) is 12.0. The van der Waals surface area contributed by atoms with Gasteiger partial charge in [-0.25, -0.2) is 0 Å². The third kappa shape index (κ3) is 3.08. The zero-order valence-electron chi connectivity index (χ0n) is 12.0. The lowest BCUT2D eigenvalue weighted by molar-refractivity contribution is 0.333. The molecule has 0 spiro atoms. The third-order valence-electron chi connectivity index (χ3n) is 3.14. The molecule has 4 heteroatoms. The number of nitrogen functional groups attached to an aromatic ring is 1. The first-order valence-electron chi connectivity index (χ1n) is 6.92. The van der Waals surface area contributed by atoms with Gasteiger partial charge in [0.05, 0.1) is 12.6 Å². The van der Waals surface area contributed by atoms with Gasteiger partial charge in [-0.05, 0) is 25.6 Å². The van der Waals surface area contributed by atoms with Crippen molar-refractivity contribution in [2.75, 3.05) is 18.9 Å². The number of hydrogen-bond acceptors (Lipinski definition) is 4. The molecule has 0 aliphatic carbocycles. The van der Waals surface area contributed by atoms with E-state index in [0.29, 0.717) is 6.61 Å². The Kier molecular flexibility index (Phi) is 4.96. The predicted molar refractivity (Wildman–Crippen MR) is 81.8 cm³/mol. The van der Waals surface area contributed by atoms with Crippen molar-refractivity contribution in [3.63, 3.8) is 0 Å². The molecule has 2 aromatic rings. The van der Waals surface area contributed by atoms with E-state index < -0.39 is 0 Å². The van der Waals surface area contributed by atoms with Gasteiger partial charge in [-0.2, -0.15) is 0 Å². The fourth-order valence-corrected chi connectivity index (χ4v) is 2.26. The first-order valence-corrected chi connectivity index (χ1v) is 6.92. The summed E-state index contributed by atoms with van der Waals surface area (Å²) in [7, 11) is 0. The van der Waals surface area contributed by atoms with E-state index in [4.69, 9.17) is 10.5 Å². The minimum Gasteiger partial charge on any atom is -0.494 e. The van der Waals surface area contributed by atoms with Crippen molar-refractivity contribution in [2.24, 2.45) is 0 Å². The van der Waals surface area contributed by atoms with E-state index in [1.54, 1.807) is 6.20 Å². The Morgan fingerprint density at radius 3 is 2.70 bits per heavy atom. The number of ether oxygens (including phenoxy) is 1. The van der Waals surface area contributed by atoms with Crippen LogP contribution in [0, 0.1) is 0 Å². The lowest BCUT2D eigenvalue weighted by Crippen LogP contribution is -2.23. The third-order valence-corrected chi connectivity index (χ3v) is 3.14. The highest BCUT2D eigenvalue weighted by atomic mass is 16.5. The van der Waals surface area contributed by atoms with E-state index in [1.807, 2.05) is 37.4 Å². The van der Waals surface area contributed by atoms with Crippen LogP contribution in [0.3, 0.4) is 0 Å². The van der Waals surface area contributed by atoms with Crippen LogP contribution >= 0.6 is 0 Å². The van der Waals surface area contributed by atoms with Crippen LogP contribution in [0.2, 0.25) is 0 Å². The van der Waals surface area contributed by atoms with Gasteiger partial charge in [0.25, 0.3) is 0 Å². The minimum absolute atomic E-state index is 0.0172. The van der Waals surface area contributed by atoms with Gasteiger partial charge in [0.1, 0.15) is 5.75 Å². The first-order chi connectivity index (χ1) is 9.77. The van der Waals surface area contributed by atoms with Crippen LogP contribution in [0.4, 0.5) is 5.69 Å². The first kappa shape index (κ1) is 14.3. The molecule has 0 aliphatic rings. The molecular formula is C16H21N3O. The standard InChI is InChI=1S/C16H21N3O/c1-3-19-16(13-11-18-10-9-14(13)17)12-7-5-6-8-15(12)20-4-2/h5-11,16,19H,3-4H2,1-2H3,(H2,17,18). The molecule has 0 amide bonds. The van der Waals surface area contributed by atoms with Crippen LogP contribution in [0.1, 0.15) is 31.0 Å². The number of anilines is 1. The smallest absolute Gasteiger partial charge is 0.124 e. The molecule has 1 unspecified atom stereocenters. The molecule has 0 saturated carbocycles. The second kappa shape index (κ2) is 6.91. The second-order valence-corrected chi connectivity index (χ2v) is 4.47. The molecule has 0 radical (unpaired) electrons. The van der Waals surface area contributed by atoms with Gasteiger partial charge < -0.3 is 15.8 Å². The fourth-order valence-electron chi connectivity index (χ4n) is 2.26. The number of aromatic nitrogens is 1. The van der Waals surface area contributed by atoms with E-state index >= 15 is 0 Å². The van der Waals surface area contributed by atoms with Crippen molar-refractivity contribution in [2.45, 2.75) is 19.9 Å². The average molecular weight is 271 g/mol. The molecule has 0 aliphatic heterocycles. The summed E-state index contributed by atoms with van der Waals surface area (Å²) in [6.45, 7) is 5.53. The number of para-hydroxylation sites is 1. The Hall–Kier alpha value is -2.07. The lowest BCUT2D eigenvalue weighted by Gasteiger charge is -2.22. The maximum atomic E-state index is 6.09. The summed E-state index contributed by atoms with van der Waals surface area (Å²) in [4.78, 5) is 4.19. The molecule has 1 heterocycles. The summed E-state index contributed by atoms with van der Waals surface area (Å²) in [5.74, 6) is 0.879. The molecule has 0 saturated heterocycles. The molecule has 0 fully saturated rings. The molecular weight excluding hydrogens is 250 g/mol. The van der Waals surface area contributed by atoms with Crippen LogP contribution in [-0.4, -0.2) is 18.1 Å². The van der Waals surface area contributed by atoms with Gasteiger partial charge in [-0.3, -0.25) is 4.98 Å². The number of benzene rings is 1. The molecule has 3 N–H and O–H groups in total. The largest absolute Gasteiger partial charge is 0.494 e. The number of nitrogens with two attached hydrogens (primary N) is 1. The summed E-state index contributed by atoms with van der Waals surface area (Å²) in [5.41, 5.74) is 8.88. The van der Waals surface area contributed by atoms with Gasteiger partial charge in [-0.1, -0.05) is 25.1 Å². The normalized spacial score (nSPS) is 12.1.